The van der Waals surface area contributed by atoms with Crippen LogP contribution in [0.5, 0.6) is 5.75 Å². The van der Waals surface area contributed by atoms with Crippen LogP contribution in [0.4, 0.5) is 5.69 Å². The van der Waals surface area contributed by atoms with Crippen molar-refractivity contribution in [1.82, 2.24) is 0 Å². The van der Waals surface area contributed by atoms with Crippen LogP contribution in [0.3, 0.4) is 0 Å². The number of terminal acetylenes is 1. The monoisotopic (exact) mass is 245 g/mol. The number of carbonyl (C=O) groups is 1. The SMILES string of the molecule is C#CCCC(=O)Nc1ccc(OC[C@@H]2CO2)cc1. The van der Waals surface area contributed by atoms with Gasteiger partial charge in [-0.15, -0.1) is 12.3 Å². The molecule has 1 N–H and O–H groups in total. The van der Waals surface area contributed by atoms with E-state index in [1.54, 1.807) is 12.1 Å². The fourth-order valence-corrected chi connectivity index (χ4v) is 1.40. The number of epoxide rings is 1. The molecule has 1 aliphatic rings. The highest BCUT2D eigenvalue weighted by Gasteiger charge is 2.22. The van der Waals surface area contributed by atoms with Gasteiger partial charge >= 0.3 is 0 Å². The first-order valence-corrected chi connectivity index (χ1v) is 5.85. The molecule has 0 unspecified atom stereocenters. The van der Waals surface area contributed by atoms with Crippen LogP contribution < -0.4 is 10.1 Å². The Morgan fingerprint density at radius 1 is 1.50 bits per heavy atom. The summed E-state index contributed by atoms with van der Waals surface area (Å²) in [5.41, 5.74) is 0.743. The summed E-state index contributed by atoms with van der Waals surface area (Å²) in [6, 6.07) is 7.24. The number of benzene rings is 1. The van der Waals surface area contributed by atoms with Crippen molar-refractivity contribution in [2.24, 2.45) is 0 Å². The van der Waals surface area contributed by atoms with E-state index in [-0.39, 0.29) is 12.0 Å². The van der Waals surface area contributed by atoms with E-state index in [4.69, 9.17) is 15.9 Å². The van der Waals surface area contributed by atoms with Gasteiger partial charge in [-0.05, 0) is 24.3 Å². The number of anilines is 1. The summed E-state index contributed by atoms with van der Waals surface area (Å²) in [6.45, 7) is 1.36. The number of hydrogen-bond acceptors (Lipinski definition) is 3. The average Bonchev–Trinajstić information content (AvgIpc) is 3.20. The van der Waals surface area contributed by atoms with Gasteiger partial charge in [0.05, 0.1) is 6.61 Å². The number of amides is 1. The summed E-state index contributed by atoms with van der Waals surface area (Å²) < 4.78 is 10.5. The summed E-state index contributed by atoms with van der Waals surface area (Å²) in [4.78, 5) is 11.4. The van der Waals surface area contributed by atoms with Crippen LogP contribution in [0.25, 0.3) is 0 Å². The quantitative estimate of drug-likeness (QED) is 0.614. The molecule has 0 aliphatic carbocycles. The molecule has 1 aromatic carbocycles. The normalized spacial score (nSPS) is 16.7. The second-order valence-electron chi connectivity index (χ2n) is 4.04. The lowest BCUT2D eigenvalue weighted by Crippen LogP contribution is -2.10. The summed E-state index contributed by atoms with van der Waals surface area (Å²) in [6.07, 6.45) is 6.13. The molecule has 0 spiro atoms. The summed E-state index contributed by atoms with van der Waals surface area (Å²) >= 11 is 0. The number of hydrogen-bond donors (Lipinski definition) is 1. The zero-order chi connectivity index (χ0) is 12.8. The Morgan fingerprint density at radius 3 is 2.83 bits per heavy atom. The summed E-state index contributed by atoms with van der Waals surface area (Å²) in [5, 5.41) is 2.77. The molecule has 0 saturated carbocycles. The zero-order valence-corrected chi connectivity index (χ0v) is 10.0. The van der Waals surface area contributed by atoms with Gasteiger partial charge in [-0.2, -0.15) is 0 Å². The minimum atomic E-state index is -0.0759. The van der Waals surface area contributed by atoms with Crippen LogP contribution in [0.15, 0.2) is 24.3 Å². The first kappa shape index (κ1) is 12.5. The lowest BCUT2D eigenvalue weighted by Gasteiger charge is -2.07. The second-order valence-corrected chi connectivity index (χ2v) is 4.04. The Labute approximate surface area is 106 Å². The molecule has 2 rings (SSSR count). The van der Waals surface area contributed by atoms with Gasteiger partial charge in [-0.25, -0.2) is 0 Å². The first-order chi connectivity index (χ1) is 8.78. The largest absolute Gasteiger partial charge is 0.491 e. The highest BCUT2D eigenvalue weighted by atomic mass is 16.6. The molecule has 1 atom stereocenters. The van der Waals surface area contributed by atoms with Crippen molar-refractivity contribution in [2.45, 2.75) is 18.9 Å². The Balaban J connectivity index is 1.79. The molecule has 1 aromatic rings. The van der Waals surface area contributed by atoms with Gasteiger partial charge in [0.25, 0.3) is 0 Å². The number of ether oxygens (including phenoxy) is 2. The van der Waals surface area contributed by atoms with Gasteiger partial charge < -0.3 is 14.8 Å². The van der Waals surface area contributed by atoms with Gasteiger partial charge in [0, 0.05) is 18.5 Å². The molecule has 1 amide bonds. The molecule has 4 nitrogen and oxygen atoms in total. The van der Waals surface area contributed by atoms with Crippen LogP contribution in [0.1, 0.15) is 12.8 Å². The maximum atomic E-state index is 11.4. The average molecular weight is 245 g/mol. The minimum absolute atomic E-state index is 0.0759. The van der Waals surface area contributed by atoms with Crippen molar-refractivity contribution in [2.75, 3.05) is 18.5 Å². The van der Waals surface area contributed by atoms with E-state index in [0.29, 0.717) is 19.4 Å². The van der Waals surface area contributed by atoms with E-state index < -0.39 is 0 Å². The molecule has 0 bridgehead atoms. The maximum absolute atomic E-state index is 11.4. The van der Waals surface area contributed by atoms with Gasteiger partial charge in [-0.1, -0.05) is 0 Å². The predicted octanol–water partition coefficient (Wildman–Crippen LogP) is 1.82. The van der Waals surface area contributed by atoms with Crippen molar-refractivity contribution < 1.29 is 14.3 Å². The predicted molar refractivity (Wildman–Crippen MR) is 68.4 cm³/mol. The number of rotatable bonds is 6. The van der Waals surface area contributed by atoms with Gasteiger partial charge in [0.15, 0.2) is 0 Å². The van der Waals surface area contributed by atoms with E-state index in [1.165, 1.54) is 0 Å². The first-order valence-electron chi connectivity index (χ1n) is 5.85. The third kappa shape index (κ3) is 4.11. The molecule has 4 heteroatoms. The third-order valence-corrected chi connectivity index (χ3v) is 2.47. The summed E-state index contributed by atoms with van der Waals surface area (Å²) in [7, 11) is 0. The topological polar surface area (TPSA) is 50.9 Å². The van der Waals surface area contributed by atoms with Crippen molar-refractivity contribution in [1.29, 1.82) is 0 Å². The smallest absolute Gasteiger partial charge is 0.225 e. The van der Waals surface area contributed by atoms with Crippen molar-refractivity contribution in [3.63, 3.8) is 0 Å². The fraction of sp³-hybridized carbons (Fsp3) is 0.357. The van der Waals surface area contributed by atoms with Gasteiger partial charge in [0.2, 0.25) is 5.91 Å². The maximum Gasteiger partial charge on any atom is 0.225 e. The molecular weight excluding hydrogens is 230 g/mol. The third-order valence-electron chi connectivity index (χ3n) is 2.47. The molecule has 18 heavy (non-hydrogen) atoms. The molecule has 1 saturated heterocycles. The van der Waals surface area contributed by atoms with Crippen molar-refractivity contribution in [3.8, 4) is 18.1 Å². The molecule has 94 valence electrons. The Hall–Kier alpha value is -1.99. The highest BCUT2D eigenvalue weighted by molar-refractivity contribution is 5.90. The minimum Gasteiger partial charge on any atom is -0.491 e. The Kier molecular flexibility index (Phi) is 4.21. The van der Waals surface area contributed by atoms with Crippen LogP contribution in [0, 0.1) is 12.3 Å². The van der Waals surface area contributed by atoms with Crippen LogP contribution >= 0.6 is 0 Å². The van der Waals surface area contributed by atoms with Crippen LogP contribution in [-0.4, -0.2) is 25.2 Å². The number of carbonyl (C=O) groups excluding carboxylic acids is 1. The van der Waals surface area contributed by atoms with Crippen LogP contribution in [0.2, 0.25) is 0 Å². The molecular formula is C14H15NO3. The van der Waals surface area contributed by atoms with Crippen LogP contribution in [-0.2, 0) is 9.53 Å². The molecule has 0 radical (unpaired) electrons. The van der Waals surface area contributed by atoms with E-state index in [2.05, 4.69) is 11.2 Å². The van der Waals surface area contributed by atoms with Gasteiger partial charge in [-0.3, -0.25) is 4.79 Å². The van der Waals surface area contributed by atoms with E-state index in [9.17, 15) is 4.79 Å². The molecule has 1 aliphatic heterocycles. The van der Waals surface area contributed by atoms with E-state index in [0.717, 1.165) is 18.0 Å². The molecule has 0 aromatic heterocycles. The lowest BCUT2D eigenvalue weighted by atomic mass is 10.2. The lowest BCUT2D eigenvalue weighted by molar-refractivity contribution is -0.116. The van der Waals surface area contributed by atoms with E-state index in [1.807, 2.05) is 12.1 Å². The zero-order valence-electron chi connectivity index (χ0n) is 10.0. The van der Waals surface area contributed by atoms with Crippen molar-refractivity contribution >= 4 is 11.6 Å². The standard InChI is InChI=1S/C14H15NO3/c1-2-3-4-14(16)15-11-5-7-12(8-6-11)17-9-13-10-18-13/h1,5-8,13H,3-4,9-10H2,(H,15,16)/t13-/m1/s1. The molecule has 1 fully saturated rings. The Bertz CT molecular complexity index is 443. The Morgan fingerprint density at radius 2 is 2.22 bits per heavy atom. The fourth-order valence-electron chi connectivity index (χ4n) is 1.40. The van der Waals surface area contributed by atoms with Crippen molar-refractivity contribution in [3.05, 3.63) is 24.3 Å². The summed E-state index contributed by atoms with van der Waals surface area (Å²) in [5.74, 6) is 3.13. The van der Waals surface area contributed by atoms with Gasteiger partial charge in [0.1, 0.15) is 18.5 Å². The van der Waals surface area contributed by atoms with E-state index >= 15 is 0 Å². The highest BCUT2D eigenvalue weighted by Crippen LogP contribution is 2.18. The second kappa shape index (κ2) is 6.08. The number of nitrogens with one attached hydrogen (secondary N) is 1. The molecule has 1 heterocycles.